The first-order valence-corrected chi connectivity index (χ1v) is 14.2. The summed E-state index contributed by atoms with van der Waals surface area (Å²) in [5.41, 5.74) is 2.80. The van der Waals surface area contributed by atoms with Crippen LogP contribution in [0, 0.1) is 0 Å². The van der Waals surface area contributed by atoms with E-state index in [4.69, 9.17) is 0 Å². The molecule has 4 aromatic carbocycles. The number of aliphatic hydroxyl groups is 1. The maximum Gasteiger partial charge on any atom is 0.196 e. The molecule has 0 fully saturated rings. The van der Waals surface area contributed by atoms with Crippen molar-refractivity contribution in [1.82, 2.24) is 0 Å². The van der Waals surface area contributed by atoms with Gasteiger partial charge in [-0.25, -0.2) is 0 Å². The van der Waals surface area contributed by atoms with E-state index in [1.165, 1.54) is 11.8 Å². The van der Waals surface area contributed by atoms with Gasteiger partial charge in [0.2, 0.25) is 0 Å². The number of hydrogen-bond acceptors (Lipinski definition) is 7. The molecule has 5 rings (SSSR count). The second kappa shape index (κ2) is 11.9. The lowest BCUT2D eigenvalue weighted by Crippen LogP contribution is -2.25. The lowest BCUT2D eigenvalue weighted by atomic mass is 9.82. The van der Waals surface area contributed by atoms with Gasteiger partial charge >= 0.3 is 0 Å². The lowest BCUT2D eigenvalue weighted by Gasteiger charge is -2.25. The SMILES string of the molecule is CCCNc1cc(Sc2ccccc2)cc2c1C(=O)c1cc(Sc3ccccc3)cc(NCCO)c1C2=O. The van der Waals surface area contributed by atoms with E-state index < -0.39 is 0 Å². The lowest BCUT2D eigenvalue weighted by molar-refractivity contribution is 0.0979. The number of ketones is 2. The van der Waals surface area contributed by atoms with Crippen LogP contribution >= 0.6 is 23.5 Å². The van der Waals surface area contributed by atoms with Crippen LogP contribution in [0.5, 0.6) is 0 Å². The number of rotatable bonds is 10. The van der Waals surface area contributed by atoms with Gasteiger partial charge in [0, 0.05) is 55.2 Å². The Labute approximate surface area is 231 Å². The molecule has 38 heavy (non-hydrogen) atoms. The molecule has 192 valence electrons. The number of anilines is 2. The summed E-state index contributed by atoms with van der Waals surface area (Å²) < 4.78 is 0. The van der Waals surface area contributed by atoms with Crippen LogP contribution in [0.25, 0.3) is 0 Å². The van der Waals surface area contributed by atoms with Crippen LogP contribution in [-0.2, 0) is 0 Å². The van der Waals surface area contributed by atoms with Gasteiger partial charge in [0.1, 0.15) is 0 Å². The van der Waals surface area contributed by atoms with Crippen LogP contribution in [0.4, 0.5) is 11.4 Å². The summed E-state index contributed by atoms with van der Waals surface area (Å²) in [5, 5.41) is 16.0. The molecular weight excluding hydrogens is 512 g/mol. The van der Waals surface area contributed by atoms with Crippen molar-refractivity contribution in [1.29, 1.82) is 0 Å². The van der Waals surface area contributed by atoms with Gasteiger partial charge in [0.25, 0.3) is 0 Å². The summed E-state index contributed by atoms with van der Waals surface area (Å²) in [7, 11) is 0. The van der Waals surface area contributed by atoms with Gasteiger partial charge < -0.3 is 15.7 Å². The molecule has 0 spiro atoms. The molecule has 0 aromatic heterocycles. The minimum absolute atomic E-state index is 0.0908. The second-order valence-corrected chi connectivity index (χ2v) is 11.1. The first-order chi connectivity index (χ1) is 18.6. The van der Waals surface area contributed by atoms with Gasteiger partial charge in [0.15, 0.2) is 11.6 Å². The highest BCUT2D eigenvalue weighted by Crippen LogP contribution is 2.42. The Balaban J connectivity index is 1.62. The Morgan fingerprint density at radius 3 is 1.50 bits per heavy atom. The summed E-state index contributed by atoms with van der Waals surface area (Å²) in [6.07, 6.45) is 0.886. The molecule has 0 bridgehead atoms. The number of aliphatic hydroxyl groups excluding tert-OH is 1. The average Bonchev–Trinajstić information content (AvgIpc) is 2.94. The van der Waals surface area contributed by atoms with E-state index in [9.17, 15) is 14.7 Å². The maximum absolute atomic E-state index is 14.1. The number of hydrogen-bond donors (Lipinski definition) is 3. The summed E-state index contributed by atoms with van der Waals surface area (Å²) in [4.78, 5) is 31.9. The smallest absolute Gasteiger partial charge is 0.196 e. The fraction of sp³-hybridized carbons (Fsp3) is 0.161. The summed E-state index contributed by atoms with van der Waals surface area (Å²) in [6.45, 7) is 2.93. The second-order valence-electron chi connectivity index (χ2n) is 8.85. The molecule has 1 aliphatic rings. The summed E-state index contributed by atoms with van der Waals surface area (Å²) >= 11 is 3.09. The molecule has 7 heteroatoms. The molecule has 5 nitrogen and oxygen atoms in total. The highest BCUT2D eigenvalue weighted by Gasteiger charge is 2.35. The fourth-order valence-electron chi connectivity index (χ4n) is 4.44. The van der Waals surface area contributed by atoms with Crippen molar-refractivity contribution in [3.63, 3.8) is 0 Å². The van der Waals surface area contributed by atoms with Crippen LogP contribution in [0.2, 0.25) is 0 Å². The fourth-order valence-corrected chi connectivity index (χ4v) is 6.28. The van der Waals surface area contributed by atoms with Gasteiger partial charge in [-0.1, -0.05) is 66.8 Å². The van der Waals surface area contributed by atoms with E-state index in [1.54, 1.807) is 11.8 Å². The molecule has 0 unspecified atom stereocenters. The molecule has 0 amide bonds. The van der Waals surface area contributed by atoms with Crippen molar-refractivity contribution in [2.24, 2.45) is 0 Å². The van der Waals surface area contributed by atoms with E-state index in [2.05, 4.69) is 17.6 Å². The van der Waals surface area contributed by atoms with E-state index >= 15 is 0 Å². The Morgan fingerprint density at radius 1 is 0.632 bits per heavy atom. The van der Waals surface area contributed by atoms with Crippen LogP contribution in [0.3, 0.4) is 0 Å². The van der Waals surface area contributed by atoms with Crippen molar-refractivity contribution in [2.75, 3.05) is 30.3 Å². The number of carbonyl (C=O) groups is 2. The highest BCUT2D eigenvalue weighted by molar-refractivity contribution is 7.99. The molecule has 3 N–H and O–H groups in total. The zero-order valence-electron chi connectivity index (χ0n) is 21.0. The molecular formula is C31H28N2O3S2. The Kier molecular flexibility index (Phi) is 8.17. The van der Waals surface area contributed by atoms with Crippen LogP contribution in [0.1, 0.15) is 45.2 Å². The monoisotopic (exact) mass is 540 g/mol. The Morgan fingerprint density at radius 2 is 1.08 bits per heavy atom. The van der Waals surface area contributed by atoms with Gasteiger partial charge in [-0.2, -0.15) is 0 Å². The highest BCUT2D eigenvalue weighted by atomic mass is 32.2. The zero-order valence-corrected chi connectivity index (χ0v) is 22.6. The van der Waals surface area contributed by atoms with Crippen molar-refractivity contribution in [2.45, 2.75) is 32.9 Å². The first-order valence-electron chi connectivity index (χ1n) is 12.6. The summed E-state index contributed by atoms with van der Waals surface area (Å²) in [5.74, 6) is -0.367. The third-order valence-electron chi connectivity index (χ3n) is 6.12. The van der Waals surface area contributed by atoms with Gasteiger partial charge in [-0.3, -0.25) is 9.59 Å². The number of fused-ring (bicyclic) bond motifs is 2. The predicted molar refractivity (Wildman–Crippen MR) is 155 cm³/mol. The van der Waals surface area contributed by atoms with Gasteiger partial charge in [-0.05, 0) is 55.0 Å². The number of carbonyl (C=O) groups excluding carboxylic acids is 2. The molecule has 0 saturated carbocycles. The minimum atomic E-state index is -0.193. The van der Waals surface area contributed by atoms with E-state index in [-0.39, 0.29) is 24.7 Å². The van der Waals surface area contributed by atoms with E-state index in [1.807, 2.05) is 84.9 Å². The third-order valence-corrected chi connectivity index (χ3v) is 8.08. The van der Waals surface area contributed by atoms with Crippen molar-refractivity contribution in [3.05, 3.63) is 107 Å². The number of nitrogens with one attached hydrogen (secondary N) is 2. The average molecular weight is 541 g/mol. The van der Waals surface area contributed by atoms with Crippen molar-refractivity contribution < 1.29 is 14.7 Å². The zero-order chi connectivity index (χ0) is 26.5. The summed E-state index contributed by atoms with van der Waals surface area (Å²) in [6, 6.07) is 27.4. The van der Waals surface area contributed by atoms with Crippen LogP contribution in [0.15, 0.2) is 105 Å². The van der Waals surface area contributed by atoms with Crippen LogP contribution in [-0.4, -0.2) is 36.4 Å². The van der Waals surface area contributed by atoms with Gasteiger partial charge in [-0.15, -0.1) is 0 Å². The molecule has 0 aliphatic heterocycles. The molecule has 1 aliphatic carbocycles. The Bertz CT molecular complexity index is 1360. The Hall–Kier alpha value is -3.52. The quantitative estimate of drug-likeness (QED) is 0.176. The van der Waals surface area contributed by atoms with Crippen molar-refractivity contribution in [3.8, 4) is 0 Å². The topological polar surface area (TPSA) is 78.4 Å². The van der Waals surface area contributed by atoms with E-state index in [0.717, 1.165) is 26.0 Å². The number of benzene rings is 4. The predicted octanol–water partition coefficient (Wildman–Crippen LogP) is 6.99. The molecule has 0 atom stereocenters. The minimum Gasteiger partial charge on any atom is -0.395 e. The molecule has 0 saturated heterocycles. The molecule has 0 radical (unpaired) electrons. The van der Waals surface area contributed by atoms with Crippen LogP contribution < -0.4 is 10.6 Å². The normalized spacial score (nSPS) is 12.2. The standard InChI is InChI=1S/C31H28N2O3S2/c1-2-13-32-26-18-22(37-20-9-5-3-6-10-20)16-24-28(26)30(35)25-17-23(38-21-11-7-4-8-12-21)19-27(33-14-15-34)29(25)31(24)36/h3-12,16-19,32-34H,2,13-15H2,1H3. The van der Waals surface area contributed by atoms with Gasteiger partial charge in [0.05, 0.1) is 17.7 Å². The van der Waals surface area contributed by atoms with E-state index in [0.29, 0.717) is 40.2 Å². The molecule has 0 heterocycles. The van der Waals surface area contributed by atoms with Crippen molar-refractivity contribution >= 4 is 46.5 Å². The molecule has 4 aromatic rings. The largest absolute Gasteiger partial charge is 0.395 e. The first kappa shape index (κ1) is 26.1. The maximum atomic E-state index is 14.1. The third kappa shape index (κ3) is 5.50.